The van der Waals surface area contributed by atoms with Crippen LogP contribution < -0.4 is 4.74 Å². The van der Waals surface area contributed by atoms with E-state index in [4.69, 9.17) is 9.47 Å². The molecule has 0 radical (unpaired) electrons. The lowest BCUT2D eigenvalue weighted by Gasteiger charge is -2.27. The zero-order chi connectivity index (χ0) is 18.9. The van der Waals surface area contributed by atoms with Crippen LogP contribution >= 0.6 is 0 Å². The fraction of sp³-hybridized carbons (Fsp3) is 0.529. The first-order valence-corrected chi connectivity index (χ1v) is 7.42. The number of rotatable bonds is 4. The quantitative estimate of drug-likeness (QED) is 0.362. The van der Waals surface area contributed by atoms with E-state index in [1.807, 2.05) is 20.8 Å². The number of esters is 2. The molecule has 132 valence electrons. The van der Waals surface area contributed by atoms with Gasteiger partial charge in [-0.2, -0.15) is 0 Å². The van der Waals surface area contributed by atoms with Gasteiger partial charge < -0.3 is 9.47 Å². The van der Waals surface area contributed by atoms with E-state index in [-0.39, 0.29) is 11.4 Å². The molecule has 0 saturated heterocycles. The molecule has 0 saturated carbocycles. The first kappa shape index (κ1) is 19.6. The highest BCUT2D eigenvalue weighted by Gasteiger charge is 2.38. The number of methoxy groups -OCH3 is 1. The number of hydrogen-bond acceptors (Lipinski definition) is 6. The maximum atomic E-state index is 12.2. The van der Waals surface area contributed by atoms with Gasteiger partial charge in [0.05, 0.1) is 23.5 Å². The number of hydrogen-bond donors (Lipinski definition) is 0. The monoisotopic (exact) mass is 337 g/mol. The number of carbonyl (C=O) groups is 2. The van der Waals surface area contributed by atoms with E-state index in [1.165, 1.54) is 20.1 Å². The summed E-state index contributed by atoms with van der Waals surface area (Å²) in [5, 5.41) is 11.4. The molecule has 0 aliphatic rings. The van der Waals surface area contributed by atoms with Crippen LogP contribution in [0.5, 0.6) is 5.75 Å². The van der Waals surface area contributed by atoms with Gasteiger partial charge in [0.1, 0.15) is 5.75 Å². The number of carbonyl (C=O) groups excluding carboxylic acids is 2. The lowest BCUT2D eigenvalue weighted by atomic mass is 9.78. The predicted molar refractivity (Wildman–Crippen MR) is 88.1 cm³/mol. The number of nitro benzene ring substituents is 1. The number of nitrogens with zero attached hydrogens (tertiary/aromatic N) is 1. The summed E-state index contributed by atoms with van der Waals surface area (Å²) in [4.78, 5) is 34.4. The Balaban J connectivity index is 3.81. The zero-order valence-electron chi connectivity index (χ0n) is 15.1. The summed E-state index contributed by atoms with van der Waals surface area (Å²) in [5.74, 6) is -1.18. The summed E-state index contributed by atoms with van der Waals surface area (Å²) in [7, 11) is 1.26. The highest BCUT2D eigenvalue weighted by Crippen LogP contribution is 2.41. The third-order valence-corrected chi connectivity index (χ3v) is 3.73. The van der Waals surface area contributed by atoms with Crippen LogP contribution in [0, 0.1) is 10.1 Å². The van der Waals surface area contributed by atoms with Crippen LogP contribution in [-0.2, 0) is 25.2 Å². The molecule has 0 N–H and O–H groups in total. The van der Waals surface area contributed by atoms with Gasteiger partial charge >= 0.3 is 11.9 Å². The average Bonchev–Trinajstić information content (AvgIpc) is 2.43. The Morgan fingerprint density at radius 3 is 2.00 bits per heavy atom. The summed E-state index contributed by atoms with van der Waals surface area (Å²) in [6, 6.07) is 2.75. The predicted octanol–water partition coefficient (Wildman–Crippen LogP) is 3.27. The van der Waals surface area contributed by atoms with Crippen molar-refractivity contribution < 1.29 is 24.0 Å². The van der Waals surface area contributed by atoms with Crippen molar-refractivity contribution in [2.24, 2.45) is 0 Å². The Morgan fingerprint density at radius 1 is 1.08 bits per heavy atom. The van der Waals surface area contributed by atoms with E-state index in [0.717, 1.165) is 0 Å². The minimum Gasteiger partial charge on any atom is -0.468 e. The Kier molecular flexibility index (Phi) is 5.38. The van der Waals surface area contributed by atoms with Crippen LogP contribution in [0.1, 0.15) is 52.7 Å². The second-order valence-corrected chi connectivity index (χ2v) is 7.08. The Bertz CT molecular complexity index is 685. The fourth-order valence-corrected chi connectivity index (χ4v) is 2.41. The van der Waals surface area contributed by atoms with Gasteiger partial charge in [-0.25, -0.2) is 0 Å². The van der Waals surface area contributed by atoms with Crippen LogP contribution in [0.3, 0.4) is 0 Å². The van der Waals surface area contributed by atoms with Crippen LogP contribution in [0.25, 0.3) is 0 Å². The number of ether oxygens (including phenoxy) is 2. The van der Waals surface area contributed by atoms with E-state index < -0.39 is 27.7 Å². The fourth-order valence-electron chi connectivity index (χ4n) is 2.41. The Hall–Kier alpha value is -2.44. The van der Waals surface area contributed by atoms with Crippen molar-refractivity contribution >= 4 is 17.6 Å². The van der Waals surface area contributed by atoms with E-state index >= 15 is 0 Å². The molecule has 0 atom stereocenters. The van der Waals surface area contributed by atoms with Gasteiger partial charge in [-0.15, -0.1) is 0 Å². The molecule has 0 aliphatic heterocycles. The number of nitro groups is 1. The van der Waals surface area contributed by atoms with Gasteiger partial charge in [-0.3, -0.25) is 19.7 Å². The Morgan fingerprint density at radius 2 is 1.62 bits per heavy atom. The molecule has 0 aliphatic carbocycles. The van der Waals surface area contributed by atoms with Gasteiger partial charge in [0.2, 0.25) is 0 Å². The van der Waals surface area contributed by atoms with E-state index in [1.54, 1.807) is 19.9 Å². The lowest BCUT2D eigenvalue weighted by molar-refractivity contribution is -0.386. The first-order valence-electron chi connectivity index (χ1n) is 7.42. The third-order valence-electron chi connectivity index (χ3n) is 3.73. The summed E-state index contributed by atoms with van der Waals surface area (Å²) >= 11 is 0. The van der Waals surface area contributed by atoms with Gasteiger partial charge in [0.15, 0.2) is 0 Å². The summed E-state index contributed by atoms with van der Waals surface area (Å²) in [5.41, 5.74) is -1.05. The largest absolute Gasteiger partial charge is 0.468 e. The lowest BCUT2D eigenvalue weighted by Crippen LogP contribution is -2.32. The Labute approximate surface area is 141 Å². The highest BCUT2D eigenvalue weighted by molar-refractivity contribution is 5.84. The van der Waals surface area contributed by atoms with Gasteiger partial charge in [-0.1, -0.05) is 20.8 Å². The molecule has 1 aromatic carbocycles. The molecular formula is C17H23NO6. The van der Waals surface area contributed by atoms with Crippen LogP contribution in [0.15, 0.2) is 12.1 Å². The maximum Gasteiger partial charge on any atom is 0.315 e. The normalized spacial score (nSPS) is 11.8. The molecule has 0 amide bonds. The third kappa shape index (κ3) is 3.90. The molecule has 24 heavy (non-hydrogen) atoms. The highest BCUT2D eigenvalue weighted by atomic mass is 16.6. The molecule has 7 heteroatoms. The molecular weight excluding hydrogens is 314 g/mol. The van der Waals surface area contributed by atoms with Crippen LogP contribution in [0.2, 0.25) is 0 Å². The van der Waals surface area contributed by atoms with Crippen molar-refractivity contribution in [1.82, 2.24) is 0 Å². The minimum absolute atomic E-state index is 0.0161. The summed E-state index contributed by atoms with van der Waals surface area (Å²) in [6.07, 6.45) is 0. The summed E-state index contributed by atoms with van der Waals surface area (Å²) < 4.78 is 9.95. The van der Waals surface area contributed by atoms with Crippen molar-refractivity contribution in [1.29, 1.82) is 0 Å². The molecule has 0 unspecified atom stereocenters. The van der Waals surface area contributed by atoms with Gasteiger partial charge in [0, 0.05) is 18.1 Å². The van der Waals surface area contributed by atoms with Crippen LogP contribution in [-0.4, -0.2) is 24.0 Å². The van der Waals surface area contributed by atoms with Crippen molar-refractivity contribution in [3.05, 3.63) is 33.4 Å². The van der Waals surface area contributed by atoms with E-state index in [0.29, 0.717) is 11.1 Å². The molecule has 7 nitrogen and oxygen atoms in total. The van der Waals surface area contributed by atoms with Crippen molar-refractivity contribution in [3.63, 3.8) is 0 Å². The summed E-state index contributed by atoms with van der Waals surface area (Å²) in [6.45, 7) is 9.90. The van der Waals surface area contributed by atoms with Crippen molar-refractivity contribution in [2.75, 3.05) is 7.11 Å². The molecule has 0 heterocycles. The standard InChI is InChI=1S/C17H23NO6/c1-10(19)24-14-9-13(18(21)22)11(16(2,3)4)8-12(14)17(5,6)15(20)23-7/h8-9H,1-7H3. The SMILES string of the molecule is COC(=O)C(C)(C)c1cc(C(C)(C)C)c([N+](=O)[O-])cc1OC(C)=O. The van der Waals surface area contributed by atoms with Gasteiger partial charge in [0.25, 0.3) is 5.69 Å². The van der Waals surface area contributed by atoms with E-state index in [9.17, 15) is 19.7 Å². The topological polar surface area (TPSA) is 95.7 Å². The molecule has 1 rings (SSSR count). The van der Waals surface area contributed by atoms with Crippen molar-refractivity contribution in [3.8, 4) is 5.75 Å². The molecule has 0 bridgehead atoms. The maximum absolute atomic E-state index is 12.2. The second kappa shape index (κ2) is 6.59. The minimum atomic E-state index is -1.14. The zero-order valence-corrected chi connectivity index (χ0v) is 15.1. The first-order chi connectivity index (χ1) is 10.8. The smallest absolute Gasteiger partial charge is 0.315 e. The number of benzene rings is 1. The van der Waals surface area contributed by atoms with Crippen LogP contribution in [0.4, 0.5) is 5.69 Å². The average molecular weight is 337 g/mol. The van der Waals surface area contributed by atoms with Gasteiger partial charge in [-0.05, 0) is 25.3 Å². The van der Waals surface area contributed by atoms with Crippen molar-refractivity contribution in [2.45, 2.75) is 52.4 Å². The molecule has 1 aromatic rings. The molecule has 0 fully saturated rings. The molecule has 0 aromatic heterocycles. The molecule has 0 spiro atoms. The van der Waals surface area contributed by atoms with E-state index in [2.05, 4.69) is 0 Å². The second-order valence-electron chi connectivity index (χ2n) is 7.08.